The highest BCUT2D eigenvalue weighted by atomic mass is 35.5. The lowest BCUT2D eigenvalue weighted by molar-refractivity contribution is 0.225. The maximum Gasteiger partial charge on any atom is 0.192 e. The Bertz CT molecular complexity index is 420. The molecule has 3 heteroatoms. The summed E-state index contributed by atoms with van der Waals surface area (Å²) < 4.78 is 6.50. The SMILES string of the molecule is CC(C)(C)[Si](C)(C)OC(/C=C/CCl)Cc1ccccc1. The summed E-state index contributed by atoms with van der Waals surface area (Å²) in [5.41, 5.74) is 1.30. The predicted molar refractivity (Wildman–Crippen MR) is 92.1 cm³/mol. The Morgan fingerprint density at radius 3 is 2.30 bits per heavy atom. The van der Waals surface area contributed by atoms with Gasteiger partial charge in [0.15, 0.2) is 8.32 Å². The molecule has 0 N–H and O–H groups in total. The first-order chi connectivity index (χ1) is 9.26. The van der Waals surface area contributed by atoms with Gasteiger partial charge in [-0.3, -0.25) is 0 Å². The topological polar surface area (TPSA) is 9.23 Å². The van der Waals surface area contributed by atoms with E-state index in [1.165, 1.54) is 5.56 Å². The molecule has 112 valence electrons. The van der Waals surface area contributed by atoms with Crippen LogP contribution in [0.1, 0.15) is 26.3 Å². The Hall–Kier alpha value is -0.573. The molecular weight excluding hydrogens is 284 g/mol. The summed E-state index contributed by atoms with van der Waals surface area (Å²) in [6.07, 6.45) is 5.11. The number of allylic oxidation sites excluding steroid dienone is 1. The van der Waals surface area contributed by atoms with Gasteiger partial charge in [0.05, 0.1) is 6.10 Å². The second kappa shape index (κ2) is 7.44. The number of alkyl halides is 1. The smallest absolute Gasteiger partial charge is 0.192 e. The van der Waals surface area contributed by atoms with Gasteiger partial charge in [-0.2, -0.15) is 0 Å². The Morgan fingerprint density at radius 2 is 1.80 bits per heavy atom. The first-order valence-electron chi connectivity index (χ1n) is 7.20. The number of hydrogen-bond donors (Lipinski definition) is 0. The van der Waals surface area contributed by atoms with Crippen LogP contribution in [0.4, 0.5) is 0 Å². The van der Waals surface area contributed by atoms with Crippen LogP contribution in [0.25, 0.3) is 0 Å². The van der Waals surface area contributed by atoms with Crippen LogP contribution in [-0.4, -0.2) is 20.3 Å². The third-order valence-corrected chi connectivity index (χ3v) is 8.65. The average Bonchev–Trinajstić information content (AvgIpc) is 2.35. The molecule has 1 rings (SSSR count). The fourth-order valence-electron chi connectivity index (χ4n) is 1.75. The van der Waals surface area contributed by atoms with E-state index in [1.807, 2.05) is 12.1 Å². The largest absolute Gasteiger partial charge is 0.410 e. The second-order valence-electron chi connectivity index (χ2n) is 6.69. The lowest BCUT2D eigenvalue weighted by atomic mass is 10.1. The van der Waals surface area contributed by atoms with Gasteiger partial charge in [0.2, 0.25) is 0 Å². The molecule has 0 aliphatic carbocycles. The van der Waals surface area contributed by atoms with Crippen LogP contribution in [0, 0.1) is 0 Å². The molecule has 1 atom stereocenters. The van der Waals surface area contributed by atoms with Gasteiger partial charge in [-0.05, 0) is 23.7 Å². The van der Waals surface area contributed by atoms with Crippen LogP contribution in [0.2, 0.25) is 18.1 Å². The van der Waals surface area contributed by atoms with E-state index in [0.29, 0.717) is 5.88 Å². The van der Waals surface area contributed by atoms with Gasteiger partial charge in [-0.1, -0.05) is 63.3 Å². The second-order valence-corrected chi connectivity index (χ2v) is 11.8. The van der Waals surface area contributed by atoms with E-state index in [0.717, 1.165) is 6.42 Å². The first-order valence-corrected chi connectivity index (χ1v) is 10.6. The van der Waals surface area contributed by atoms with Crippen molar-refractivity contribution in [2.45, 2.75) is 51.4 Å². The molecule has 0 aromatic heterocycles. The van der Waals surface area contributed by atoms with Crippen LogP contribution in [-0.2, 0) is 10.8 Å². The van der Waals surface area contributed by atoms with E-state index in [2.05, 4.69) is 64.2 Å². The van der Waals surface area contributed by atoms with Crippen LogP contribution in [0.5, 0.6) is 0 Å². The van der Waals surface area contributed by atoms with Gasteiger partial charge in [0, 0.05) is 12.3 Å². The van der Waals surface area contributed by atoms with E-state index in [9.17, 15) is 0 Å². The third-order valence-electron chi connectivity index (χ3n) is 3.97. The molecule has 0 amide bonds. The fraction of sp³-hybridized carbons (Fsp3) is 0.529. The zero-order chi connectivity index (χ0) is 15.2. The highest BCUT2D eigenvalue weighted by Crippen LogP contribution is 2.37. The molecule has 0 radical (unpaired) electrons. The molecule has 0 saturated heterocycles. The summed E-state index contributed by atoms with van der Waals surface area (Å²) in [5.74, 6) is 0.534. The standard InChI is InChI=1S/C17H27ClOSi/c1-17(2,3)20(4,5)19-16(12-9-13-18)14-15-10-7-6-8-11-15/h6-12,16H,13-14H2,1-5H3/b12-9+. The van der Waals surface area contributed by atoms with Crippen LogP contribution >= 0.6 is 11.6 Å². The fourth-order valence-corrected chi connectivity index (χ4v) is 3.13. The van der Waals surface area contributed by atoms with E-state index in [-0.39, 0.29) is 11.1 Å². The quantitative estimate of drug-likeness (QED) is 0.387. The molecule has 1 nitrogen and oxygen atoms in total. The Kier molecular flexibility index (Phi) is 6.50. The molecule has 0 heterocycles. The van der Waals surface area contributed by atoms with Crippen molar-refractivity contribution in [2.24, 2.45) is 0 Å². The third kappa shape index (κ3) is 5.43. The van der Waals surface area contributed by atoms with Crippen molar-refractivity contribution in [3.63, 3.8) is 0 Å². The summed E-state index contributed by atoms with van der Waals surface area (Å²) in [6, 6.07) is 10.5. The number of halogens is 1. The highest BCUT2D eigenvalue weighted by Gasteiger charge is 2.38. The number of hydrogen-bond acceptors (Lipinski definition) is 1. The first kappa shape index (κ1) is 17.5. The van der Waals surface area contributed by atoms with E-state index in [4.69, 9.17) is 16.0 Å². The van der Waals surface area contributed by atoms with E-state index < -0.39 is 8.32 Å². The lowest BCUT2D eigenvalue weighted by Crippen LogP contribution is -2.44. The van der Waals surface area contributed by atoms with Gasteiger partial charge in [-0.15, -0.1) is 11.6 Å². The van der Waals surface area contributed by atoms with Gasteiger partial charge in [-0.25, -0.2) is 0 Å². The molecule has 0 bridgehead atoms. The number of benzene rings is 1. The molecule has 0 aliphatic rings. The van der Waals surface area contributed by atoms with Crippen molar-refractivity contribution in [1.29, 1.82) is 0 Å². The zero-order valence-corrected chi connectivity index (χ0v) is 15.1. The van der Waals surface area contributed by atoms with Crippen molar-refractivity contribution >= 4 is 19.9 Å². The lowest BCUT2D eigenvalue weighted by Gasteiger charge is -2.38. The number of rotatable bonds is 6. The van der Waals surface area contributed by atoms with Crippen molar-refractivity contribution in [1.82, 2.24) is 0 Å². The van der Waals surface area contributed by atoms with Gasteiger partial charge in [0.25, 0.3) is 0 Å². The van der Waals surface area contributed by atoms with Crippen LogP contribution in [0.15, 0.2) is 42.5 Å². The van der Waals surface area contributed by atoms with E-state index >= 15 is 0 Å². The summed E-state index contributed by atoms with van der Waals surface area (Å²) >= 11 is 5.78. The molecule has 1 aromatic carbocycles. The van der Waals surface area contributed by atoms with Crippen LogP contribution in [0.3, 0.4) is 0 Å². The Morgan fingerprint density at radius 1 is 1.20 bits per heavy atom. The normalized spacial score (nSPS) is 14.7. The van der Waals surface area contributed by atoms with E-state index in [1.54, 1.807) is 0 Å². The molecule has 1 unspecified atom stereocenters. The van der Waals surface area contributed by atoms with Crippen molar-refractivity contribution < 1.29 is 4.43 Å². The molecule has 1 aromatic rings. The summed E-state index contributed by atoms with van der Waals surface area (Å²) in [6.45, 7) is 11.4. The summed E-state index contributed by atoms with van der Waals surface area (Å²) in [7, 11) is -1.77. The minimum atomic E-state index is -1.77. The van der Waals surface area contributed by atoms with Crippen molar-refractivity contribution in [3.05, 3.63) is 48.0 Å². The molecular formula is C17H27ClOSi. The minimum Gasteiger partial charge on any atom is -0.410 e. The van der Waals surface area contributed by atoms with Crippen molar-refractivity contribution in [3.8, 4) is 0 Å². The molecule has 0 saturated carbocycles. The zero-order valence-electron chi connectivity index (χ0n) is 13.3. The Balaban J connectivity index is 2.83. The minimum absolute atomic E-state index is 0.108. The predicted octanol–water partition coefficient (Wildman–Crippen LogP) is 5.41. The Labute approximate surface area is 130 Å². The van der Waals surface area contributed by atoms with Crippen LogP contribution < -0.4 is 0 Å². The summed E-state index contributed by atoms with van der Waals surface area (Å²) in [4.78, 5) is 0. The van der Waals surface area contributed by atoms with Gasteiger partial charge >= 0.3 is 0 Å². The molecule has 0 fully saturated rings. The maximum atomic E-state index is 6.50. The highest BCUT2D eigenvalue weighted by molar-refractivity contribution is 6.74. The van der Waals surface area contributed by atoms with Gasteiger partial charge in [0.1, 0.15) is 0 Å². The molecule has 0 spiro atoms. The van der Waals surface area contributed by atoms with Gasteiger partial charge < -0.3 is 4.43 Å². The van der Waals surface area contributed by atoms with Crippen molar-refractivity contribution in [2.75, 3.05) is 5.88 Å². The summed E-state index contributed by atoms with van der Waals surface area (Å²) in [5, 5.41) is 0.219. The average molecular weight is 311 g/mol. The molecule has 0 aliphatic heterocycles. The maximum absolute atomic E-state index is 6.50. The molecule has 20 heavy (non-hydrogen) atoms. The monoisotopic (exact) mass is 310 g/mol.